The van der Waals surface area contributed by atoms with Crippen LogP contribution in [0.1, 0.15) is 45.4 Å². The Kier molecular flexibility index (Phi) is 7.91. The summed E-state index contributed by atoms with van der Waals surface area (Å²) < 4.78 is 0. The van der Waals surface area contributed by atoms with Gasteiger partial charge in [0, 0.05) is 12.1 Å². The van der Waals surface area contributed by atoms with E-state index in [1.807, 2.05) is 30.3 Å². The fourth-order valence-electron chi connectivity index (χ4n) is 2.11. The number of carbonyl (C=O) groups excluding carboxylic acids is 1. The van der Waals surface area contributed by atoms with Crippen LogP contribution in [0, 0.1) is 0 Å². The summed E-state index contributed by atoms with van der Waals surface area (Å²) in [5.41, 5.74) is 0.830. The first-order valence-electron chi connectivity index (χ1n) is 7.23. The predicted molar refractivity (Wildman–Crippen MR) is 77.7 cm³/mol. The van der Waals surface area contributed by atoms with E-state index in [2.05, 4.69) is 6.92 Å². The van der Waals surface area contributed by atoms with Gasteiger partial charge in [-0.1, -0.05) is 50.8 Å². The molecule has 1 aromatic carbocycles. The Hall–Kier alpha value is -1.35. The normalized spacial score (nSPS) is 10.4. The number of benzene rings is 1. The Balaban J connectivity index is 2.45. The van der Waals surface area contributed by atoms with Crippen molar-refractivity contribution in [1.82, 2.24) is 0 Å². The lowest BCUT2D eigenvalue weighted by Gasteiger charge is -2.21. The molecule has 1 rings (SSSR count). The van der Waals surface area contributed by atoms with Crippen LogP contribution < -0.4 is 4.90 Å². The van der Waals surface area contributed by atoms with E-state index < -0.39 is 0 Å². The highest BCUT2D eigenvalue weighted by atomic mass is 16.3. The molecular formula is C16H24NO2. The second-order valence-electron chi connectivity index (χ2n) is 4.75. The molecule has 0 fully saturated rings. The molecule has 0 aliphatic heterocycles. The lowest BCUT2D eigenvalue weighted by molar-refractivity contribution is -0.118. The largest absolute Gasteiger partial charge is 0.310 e. The SMILES string of the molecule is CCCCCCCC(=O)N(CC[O])c1ccccc1. The molecule has 0 aliphatic carbocycles. The molecule has 0 heterocycles. The molecule has 3 heteroatoms. The molecule has 0 saturated carbocycles. The Labute approximate surface area is 116 Å². The van der Waals surface area contributed by atoms with Crippen molar-refractivity contribution in [3.8, 4) is 0 Å². The number of nitrogens with zero attached hydrogens (tertiary/aromatic N) is 1. The van der Waals surface area contributed by atoms with Gasteiger partial charge in [-0.05, 0) is 18.6 Å². The van der Waals surface area contributed by atoms with Crippen molar-refractivity contribution in [2.24, 2.45) is 0 Å². The van der Waals surface area contributed by atoms with Gasteiger partial charge in [-0.15, -0.1) is 0 Å². The van der Waals surface area contributed by atoms with Crippen molar-refractivity contribution in [2.45, 2.75) is 45.4 Å². The summed E-state index contributed by atoms with van der Waals surface area (Å²) in [5, 5.41) is 10.8. The van der Waals surface area contributed by atoms with Gasteiger partial charge in [0.1, 0.15) is 6.61 Å². The number of carbonyl (C=O) groups is 1. The van der Waals surface area contributed by atoms with Gasteiger partial charge in [0.15, 0.2) is 0 Å². The van der Waals surface area contributed by atoms with Gasteiger partial charge in [0.05, 0.1) is 6.54 Å². The molecule has 0 aliphatic rings. The van der Waals surface area contributed by atoms with Crippen LogP contribution in [-0.2, 0) is 9.90 Å². The van der Waals surface area contributed by atoms with Gasteiger partial charge >= 0.3 is 0 Å². The van der Waals surface area contributed by atoms with E-state index >= 15 is 0 Å². The van der Waals surface area contributed by atoms with Gasteiger partial charge in [-0.25, -0.2) is 5.11 Å². The Morgan fingerprint density at radius 3 is 2.37 bits per heavy atom. The van der Waals surface area contributed by atoms with Crippen LogP contribution in [0.2, 0.25) is 0 Å². The summed E-state index contributed by atoms with van der Waals surface area (Å²) >= 11 is 0. The minimum atomic E-state index is -0.254. The van der Waals surface area contributed by atoms with Crippen LogP contribution in [0.4, 0.5) is 5.69 Å². The molecule has 0 bridgehead atoms. The van der Waals surface area contributed by atoms with Crippen molar-refractivity contribution in [3.63, 3.8) is 0 Å². The quantitative estimate of drug-likeness (QED) is 0.624. The van der Waals surface area contributed by atoms with Crippen molar-refractivity contribution in [3.05, 3.63) is 30.3 Å². The molecule has 1 aromatic rings. The molecule has 0 unspecified atom stereocenters. The lowest BCUT2D eigenvalue weighted by atomic mass is 10.1. The average Bonchev–Trinajstić information content (AvgIpc) is 2.45. The average molecular weight is 262 g/mol. The smallest absolute Gasteiger partial charge is 0.227 e. The minimum absolute atomic E-state index is 0.0681. The Bertz CT molecular complexity index is 351. The van der Waals surface area contributed by atoms with E-state index in [1.54, 1.807) is 4.90 Å². The highest BCUT2D eigenvalue weighted by Gasteiger charge is 2.14. The standard InChI is InChI=1S/C16H24NO2/c1-2-3-4-5-9-12-16(19)17(13-14-18)15-10-7-6-8-11-15/h6-8,10-11H,2-5,9,12-14H2,1H3. The first kappa shape index (κ1) is 15.7. The molecular weight excluding hydrogens is 238 g/mol. The van der Waals surface area contributed by atoms with Crippen LogP contribution in [0.3, 0.4) is 0 Å². The van der Waals surface area contributed by atoms with Crippen LogP contribution >= 0.6 is 0 Å². The monoisotopic (exact) mass is 262 g/mol. The topological polar surface area (TPSA) is 40.2 Å². The molecule has 3 nitrogen and oxygen atoms in total. The maximum Gasteiger partial charge on any atom is 0.227 e. The highest BCUT2D eigenvalue weighted by molar-refractivity contribution is 5.93. The maximum atomic E-state index is 12.2. The first-order valence-corrected chi connectivity index (χ1v) is 7.23. The number of hydrogen-bond acceptors (Lipinski definition) is 1. The van der Waals surface area contributed by atoms with Gasteiger partial charge in [0.2, 0.25) is 5.91 Å². The number of amides is 1. The highest BCUT2D eigenvalue weighted by Crippen LogP contribution is 2.15. The van der Waals surface area contributed by atoms with Gasteiger partial charge in [-0.2, -0.15) is 0 Å². The fourth-order valence-corrected chi connectivity index (χ4v) is 2.11. The van der Waals surface area contributed by atoms with Crippen molar-refractivity contribution < 1.29 is 9.90 Å². The third kappa shape index (κ3) is 5.88. The van der Waals surface area contributed by atoms with Crippen molar-refractivity contribution in [1.29, 1.82) is 0 Å². The number of unbranched alkanes of at least 4 members (excludes halogenated alkanes) is 4. The zero-order valence-corrected chi connectivity index (χ0v) is 11.8. The van der Waals surface area contributed by atoms with E-state index in [0.29, 0.717) is 6.42 Å². The summed E-state index contributed by atoms with van der Waals surface area (Å²) in [5.74, 6) is 0.0681. The van der Waals surface area contributed by atoms with Crippen molar-refractivity contribution in [2.75, 3.05) is 18.1 Å². The van der Waals surface area contributed by atoms with Gasteiger partial charge in [0.25, 0.3) is 0 Å². The second-order valence-corrected chi connectivity index (χ2v) is 4.75. The third-order valence-electron chi connectivity index (χ3n) is 3.18. The maximum absolute atomic E-state index is 12.2. The van der Waals surface area contributed by atoms with Crippen LogP contribution in [0.5, 0.6) is 0 Å². The van der Waals surface area contributed by atoms with Crippen LogP contribution in [0.25, 0.3) is 0 Å². The lowest BCUT2D eigenvalue weighted by Crippen LogP contribution is -2.33. The summed E-state index contributed by atoms with van der Waals surface area (Å²) in [6, 6.07) is 9.45. The van der Waals surface area contributed by atoms with Crippen molar-refractivity contribution >= 4 is 11.6 Å². The fraction of sp³-hybridized carbons (Fsp3) is 0.562. The first-order chi connectivity index (χ1) is 9.29. The summed E-state index contributed by atoms with van der Waals surface area (Å²) in [4.78, 5) is 13.8. The number of anilines is 1. The zero-order valence-electron chi connectivity index (χ0n) is 11.8. The molecule has 1 radical (unpaired) electrons. The number of hydrogen-bond donors (Lipinski definition) is 0. The third-order valence-corrected chi connectivity index (χ3v) is 3.18. The van der Waals surface area contributed by atoms with Gasteiger partial charge in [-0.3, -0.25) is 4.79 Å². The minimum Gasteiger partial charge on any atom is -0.310 e. The van der Waals surface area contributed by atoms with E-state index in [9.17, 15) is 9.90 Å². The Morgan fingerprint density at radius 2 is 1.74 bits per heavy atom. The van der Waals surface area contributed by atoms with E-state index in [4.69, 9.17) is 0 Å². The molecule has 1 amide bonds. The molecule has 0 spiro atoms. The summed E-state index contributed by atoms with van der Waals surface area (Å²) in [6.45, 7) is 2.19. The van der Waals surface area contributed by atoms with Crippen LogP contribution in [-0.4, -0.2) is 19.1 Å². The van der Waals surface area contributed by atoms with Gasteiger partial charge < -0.3 is 4.90 Å². The number of para-hydroxylation sites is 1. The molecule has 105 valence electrons. The summed E-state index contributed by atoms with van der Waals surface area (Å²) in [6.07, 6.45) is 6.19. The zero-order chi connectivity index (χ0) is 13.9. The van der Waals surface area contributed by atoms with E-state index in [1.165, 1.54) is 19.3 Å². The molecule has 0 saturated heterocycles. The Morgan fingerprint density at radius 1 is 1.05 bits per heavy atom. The number of rotatable bonds is 9. The second kappa shape index (κ2) is 9.56. The van der Waals surface area contributed by atoms with E-state index in [0.717, 1.165) is 18.5 Å². The predicted octanol–water partition coefficient (Wildman–Crippen LogP) is 3.81. The summed E-state index contributed by atoms with van der Waals surface area (Å²) in [7, 11) is 0. The van der Waals surface area contributed by atoms with Crippen LogP contribution in [0.15, 0.2) is 30.3 Å². The molecule has 19 heavy (non-hydrogen) atoms. The molecule has 0 aromatic heterocycles. The molecule has 0 atom stereocenters. The van der Waals surface area contributed by atoms with E-state index in [-0.39, 0.29) is 19.1 Å². The molecule has 0 N–H and O–H groups in total.